The van der Waals surface area contributed by atoms with E-state index in [0.29, 0.717) is 32.9 Å². The van der Waals surface area contributed by atoms with Gasteiger partial charge in [-0.15, -0.1) is 0 Å². The number of rotatable bonds is 7. The molecule has 10 nitrogen and oxygen atoms in total. The quantitative estimate of drug-likeness (QED) is 0.246. The van der Waals surface area contributed by atoms with Gasteiger partial charge in [0.05, 0.1) is 39.5 Å². The van der Waals surface area contributed by atoms with Crippen molar-refractivity contribution in [3.8, 4) is 11.5 Å². The highest BCUT2D eigenvalue weighted by Crippen LogP contribution is 2.34. The molecular weight excluding hydrogens is 578 g/mol. The van der Waals surface area contributed by atoms with Gasteiger partial charge in [-0.1, -0.05) is 39.4 Å². The molecule has 0 unspecified atom stereocenters. The molecule has 1 aliphatic heterocycles. The molecule has 3 aromatic rings. The average molecular weight is 602 g/mol. The minimum atomic E-state index is -0.833. The zero-order chi connectivity index (χ0) is 27.7. The van der Waals surface area contributed by atoms with Gasteiger partial charge in [0.1, 0.15) is 5.75 Å². The Labute approximate surface area is 229 Å². The second-order valence-electron chi connectivity index (χ2n) is 8.66. The lowest BCUT2D eigenvalue weighted by molar-refractivity contribution is -0.385. The summed E-state index contributed by atoms with van der Waals surface area (Å²) in [7, 11) is 0. The summed E-state index contributed by atoms with van der Waals surface area (Å²) in [5.74, 6) is -0.512. The summed E-state index contributed by atoms with van der Waals surface area (Å²) in [5, 5.41) is 21.8. The molecule has 198 valence electrons. The van der Waals surface area contributed by atoms with Gasteiger partial charge in [-0.2, -0.15) is 0 Å². The zero-order valence-corrected chi connectivity index (χ0v) is 23.3. The van der Waals surface area contributed by atoms with Crippen LogP contribution in [0.25, 0.3) is 6.08 Å². The lowest BCUT2D eigenvalue weighted by atomic mass is 9.96. The number of esters is 1. The Balaban J connectivity index is 1.95. The SMILES string of the molecule is CCOc1ccc([C@H]2C(C(=O)OC(C)C)=C(C)N=c3s/c(=C/c4cc(Br)cc([N+](=O)[O-])c4O)c(=O)n32)cc1. The van der Waals surface area contributed by atoms with E-state index in [0.717, 1.165) is 11.3 Å². The number of thiazole rings is 1. The molecule has 2 aromatic carbocycles. The number of carbonyl (C=O) groups is 1. The molecule has 0 spiro atoms. The Morgan fingerprint density at radius 2 is 2.00 bits per heavy atom. The Morgan fingerprint density at radius 1 is 1.32 bits per heavy atom. The van der Waals surface area contributed by atoms with E-state index in [4.69, 9.17) is 9.47 Å². The first-order valence-corrected chi connectivity index (χ1v) is 13.3. The molecule has 0 saturated heterocycles. The maximum Gasteiger partial charge on any atom is 0.338 e. The van der Waals surface area contributed by atoms with E-state index < -0.39 is 33.9 Å². The van der Waals surface area contributed by atoms with E-state index in [1.165, 1.54) is 22.8 Å². The van der Waals surface area contributed by atoms with Crippen LogP contribution in [0.2, 0.25) is 0 Å². The molecule has 2 heterocycles. The molecule has 0 aliphatic carbocycles. The molecule has 4 rings (SSSR count). The fourth-order valence-corrected chi connectivity index (χ4v) is 5.59. The normalized spacial score (nSPS) is 15.3. The molecule has 0 fully saturated rings. The van der Waals surface area contributed by atoms with Crippen LogP contribution in [0.4, 0.5) is 5.69 Å². The van der Waals surface area contributed by atoms with E-state index in [1.807, 2.05) is 6.92 Å². The number of hydrogen-bond acceptors (Lipinski definition) is 9. The summed E-state index contributed by atoms with van der Waals surface area (Å²) < 4.78 is 13.0. The minimum absolute atomic E-state index is 0.0871. The van der Waals surface area contributed by atoms with Crippen LogP contribution in [0.1, 0.15) is 44.9 Å². The summed E-state index contributed by atoms with van der Waals surface area (Å²) in [6, 6.07) is 8.88. The van der Waals surface area contributed by atoms with Crippen molar-refractivity contribution in [3.63, 3.8) is 0 Å². The van der Waals surface area contributed by atoms with Crippen molar-refractivity contribution in [1.29, 1.82) is 0 Å². The first-order valence-electron chi connectivity index (χ1n) is 11.6. The average Bonchev–Trinajstić information content (AvgIpc) is 3.14. The molecule has 1 atom stereocenters. The smallest absolute Gasteiger partial charge is 0.338 e. The number of carbonyl (C=O) groups excluding carboxylic acids is 1. The van der Waals surface area contributed by atoms with Gasteiger partial charge in [-0.3, -0.25) is 19.5 Å². The highest BCUT2D eigenvalue weighted by atomic mass is 79.9. The number of phenolic OH excluding ortho intramolecular Hbond substituents is 1. The number of nitro benzene ring substituents is 1. The van der Waals surface area contributed by atoms with Gasteiger partial charge in [0.25, 0.3) is 5.56 Å². The van der Waals surface area contributed by atoms with E-state index in [-0.39, 0.29) is 21.8 Å². The Morgan fingerprint density at radius 3 is 2.61 bits per heavy atom. The highest BCUT2D eigenvalue weighted by molar-refractivity contribution is 9.10. The van der Waals surface area contributed by atoms with Crippen molar-refractivity contribution in [3.05, 3.63) is 93.1 Å². The van der Waals surface area contributed by atoms with Gasteiger partial charge in [0, 0.05) is 16.1 Å². The molecule has 1 aliphatic rings. The Kier molecular flexibility index (Phi) is 7.83. The summed E-state index contributed by atoms with van der Waals surface area (Å²) in [6.07, 6.45) is 0.987. The summed E-state index contributed by atoms with van der Waals surface area (Å²) in [6.45, 7) is 7.51. The highest BCUT2D eigenvalue weighted by Gasteiger charge is 2.34. The predicted molar refractivity (Wildman–Crippen MR) is 145 cm³/mol. The summed E-state index contributed by atoms with van der Waals surface area (Å²) in [4.78, 5) is 42.4. The molecular formula is C26H24BrN3O7S. The maximum absolute atomic E-state index is 13.7. The largest absolute Gasteiger partial charge is 0.502 e. The number of aromatic hydroxyl groups is 1. The van der Waals surface area contributed by atoms with E-state index >= 15 is 0 Å². The van der Waals surface area contributed by atoms with Gasteiger partial charge in [0.2, 0.25) is 5.75 Å². The summed E-state index contributed by atoms with van der Waals surface area (Å²) >= 11 is 4.26. The van der Waals surface area contributed by atoms with Crippen molar-refractivity contribution in [2.24, 2.45) is 4.99 Å². The first-order chi connectivity index (χ1) is 18.0. The van der Waals surface area contributed by atoms with Gasteiger partial charge in [0.15, 0.2) is 4.80 Å². The number of nitro groups is 1. The molecule has 0 saturated carbocycles. The van der Waals surface area contributed by atoms with Gasteiger partial charge in [-0.05, 0) is 57.5 Å². The fourth-order valence-electron chi connectivity index (χ4n) is 4.08. The second-order valence-corrected chi connectivity index (χ2v) is 10.6. The van der Waals surface area contributed by atoms with E-state index in [1.54, 1.807) is 45.0 Å². The number of fused-ring (bicyclic) bond motifs is 1. The topological polar surface area (TPSA) is 133 Å². The molecule has 1 aromatic heterocycles. The molecule has 0 amide bonds. The number of allylic oxidation sites excluding steroid dienone is 1. The maximum atomic E-state index is 13.7. The molecule has 0 bridgehead atoms. The number of ether oxygens (including phenoxy) is 2. The van der Waals surface area contributed by atoms with Gasteiger partial charge in [-0.25, -0.2) is 9.79 Å². The monoisotopic (exact) mass is 601 g/mol. The van der Waals surface area contributed by atoms with E-state index in [9.17, 15) is 24.8 Å². The van der Waals surface area contributed by atoms with Gasteiger partial charge >= 0.3 is 11.7 Å². The number of halogens is 1. The molecule has 1 N–H and O–H groups in total. The molecule has 38 heavy (non-hydrogen) atoms. The van der Waals surface area contributed by atoms with Crippen LogP contribution in [0.5, 0.6) is 11.5 Å². The number of phenols is 1. The minimum Gasteiger partial charge on any atom is -0.502 e. The van der Waals surface area contributed by atoms with E-state index in [2.05, 4.69) is 20.9 Å². The third-order valence-corrected chi connectivity index (χ3v) is 7.10. The third-order valence-electron chi connectivity index (χ3n) is 5.66. The van der Waals surface area contributed by atoms with Crippen LogP contribution in [-0.2, 0) is 9.53 Å². The van der Waals surface area contributed by atoms with Crippen LogP contribution < -0.4 is 19.6 Å². The van der Waals surface area contributed by atoms with Crippen molar-refractivity contribution < 1.29 is 24.3 Å². The third kappa shape index (κ3) is 5.27. The van der Waals surface area contributed by atoms with Crippen LogP contribution in [-0.4, -0.2) is 33.3 Å². The van der Waals surface area contributed by atoms with Crippen molar-refractivity contribution in [1.82, 2.24) is 4.57 Å². The lowest BCUT2D eigenvalue weighted by Crippen LogP contribution is -2.40. The lowest BCUT2D eigenvalue weighted by Gasteiger charge is -2.25. The molecule has 12 heteroatoms. The Hall–Kier alpha value is -3.77. The Bertz CT molecular complexity index is 1640. The van der Waals surface area contributed by atoms with Gasteiger partial charge < -0.3 is 14.6 Å². The van der Waals surface area contributed by atoms with Crippen LogP contribution >= 0.6 is 27.3 Å². The standard InChI is InChI=1S/C26H24BrN3O7S/c1-5-36-18-8-6-15(7-9-18)22-21(25(33)37-13(2)3)14(4)28-26-29(22)24(32)20(38-26)11-16-10-17(27)12-19(23(16)31)30(34)35/h6-13,22,31H,5H2,1-4H3/b20-11+/t22-/m0/s1. The zero-order valence-electron chi connectivity index (χ0n) is 20.9. The molecule has 0 radical (unpaired) electrons. The number of aromatic nitrogens is 1. The van der Waals surface area contributed by atoms with Crippen LogP contribution in [0, 0.1) is 10.1 Å². The predicted octanol–water partition coefficient (Wildman–Crippen LogP) is 3.96. The first kappa shape index (κ1) is 27.3. The number of hydrogen-bond donors (Lipinski definition) is 1. The second kappa shape index (κ2) is 10.9. The number of nitrogens with zero attached hydrogens (tertiary/aromatic N) is 3. The van der Waals surface area contributed by atoms with Crippen LogP contribution in [0.15, 0.2) is 61.9 Å². The fraction of sp³-hybridized carbons (Fsp3) is 0.269. The summed E-state index contributed by atoms with van der Waals surface area (Å²) in [5.41, 5.74) is 0.388. The van der Waals surface area contributed by atoms with Crippen molar-refractivity contribution in [2.45, 2.75) is 39.8 Å². The van der Waals surface area contributed by atoms with Crippen LogP contribution in [0.3, 0.4) is 0 Å². The van der Waals surface area contributed by atoms with Crippen molar-refractivity contribution >= 4 is 45.0 Å². The van der Waals surface area contributed by atoms with Crippen molar-refractivity contribution in [2.75, 3.05) is 6.61 Å². The number of benzene rings is 2.